The first-order chi connectivity index (χ1) is 17.0. The van der Waals surface area contributed by atoms with Crippen LogP contribution in [0, 0.1) is 13.8 Å². The van der Waals surface area contributed by atoms with Gasteiger partial charge in [-0.05, 0) is 48.7 Å². The summed E-state index contributed by atoms with van der Waals surface area (Å²) in [4.78, 5) is 19.7. The van der Waals surface area contributed by atoms with Crippen LogP contribution in [-0.2, 0) is 17.9 Å². The van der Waals surface area contributed by atoms with Gasteiger partial charge in [0.05, 0.1) is 17.6 Å². The topological polar surface area (TPSA) is 67.6 Å². The van der Waals surface area contributed by atoms with Gasteiger partial charge in [-0.1, -0.05) is 54.6 Å². The molecule has 1 aliphatic rings. The van der Waals surface area contributed by atoms with Crippen LogP contribution in [0.2, 0.25) is 0 Å². The second-order valence-corrected chi connectivity index (χ2v) is 9.46. The summed E-state index contributed by atoms with van der Waals surface area (Å²) < 4.78 is 8.03. The number of amides is 1. The van der Waals surface area contributed by atoms with Gasteiger partial charge in [-0.3, -0.25) is 4.79 Å². The predicted molar refractivity (Wildman–Crippen MR) is 136 cm³/mol. The molecule has 1 N–H and O–H groups in total. The molecule has 0 aliphatic carbocycles. The number of aryl methyl sites for hydroxylation is 2. The highest BCUT2D eigenvalue weighted by molar-refractivity contribution is 5.81. The van der Waals surface area contributed by atoms with Crippen LogP contribution in [0.4, 0.5) is 0 Å². The van der Waals surface area contributed by atoms with E-state index < -0.39 is 6.10 Å². The lowest BCUT2D eigenvalue weighted by atomic mass is 10.1. The van der Waals surface area contributed by atoms with E-state index in [0.717, 1.165) is 39.3 Å². The minimum absolute atomic E-state index is 0.0225. The Balaban J connectivity index is 1.34. The van der Waals surface area contributed by atoms with Crippen molar-refractivity contribution in [1.82, 2.24) is 14.5 Å². The molecular formula is C29H31N3O3. The zero-order chi connectivity index (χ0) is 24.4. The highest BCUT2D eigenvalue weighted by Crippen LogP contribution is 2.31. The maximum absolute atomic E-state index is 12.8. The molecule has 1 fully saturated rings. The molecule has 0 radical (unpaired) electrons. The Bertz CT molecular complexity index is 1330. The number of benzene rings is 3. The number of nitrogens with zero attached hydrogens (tertiary/aromatic N) is 3. The largest absolute Gasteiger partial charge is 0.491 e. The number of aliphatic hydroxyl groups excluding tert-OH is 1. The van der Waals surface area contributed by atoms with Crippen molar-refractivity contribution in [3.05, 3.63) is 95.3 Å². The quantitative estimate of drug-likeness (QED) is 0.409. The van der Waals surface area contributed by atoms with Crippen molar-refractivity contribution in [2.75, 3.05) is 13.2 Å². The van der Waals surface area contributed by atoms with Gasteiger partial charge in [0.2, 0.25) is 5.91 Å². The minimum atomic E-state index is -0.719. The molecule has 1 saturated heterocycles. The van der Waals surface area contributed by atoms with Crippen LogP contribution in [-0.4, -0.2) is 44.7 Å². The van der Waals surface area contributed by atoms with Crippen molar-refractivity contribution in [2.24, 2.45) is 0 Å². The summed E-state index contributed by atoms with van der Waals surface area (Å²) in [7, 11) is 0. The molecule has 0 unspecified atom stereocenters. The van der Waals surface area contributed by atoms with Gasteiger partial charge >= 0.3 is 0 Å². The lowest BCUT2D eigenvalue weighted by Gasteiger charge is -2.19. The summed E-state index contributed by atoms with van der Waals surface area (Å²) in [6.07, 6.45) is -0.297. The van der Waals surface area contributed by atoms with Gasteiger partial charge in [0.25, 0.3) is 0 Å². The van der Waals surface area contributed by atoms with Gasteiger partial charge in [-0.15, -0.1) is 0 Å². The normalized spacial score (nSPS) is 16.7. The predicted octanol–water partition coefficient (Wildman–Crippen LogP) is 4.61. The van der Waals surface area contributed by atoms with Crippen molar-refractivity contribution in [1.29, 1.82) is 0 Å². The molecule has 0 spiro atoms. The van der Waals surface area contributed by atoms with Gasteiger partial charge in [0.15, 0.2) is 0 Å². The Morgan fingerprint density at radius 2 is 1.83 bits per heavy atom. The molecule has 0 bridgehead atoms. The number of ether oxygens (including phenoxy) is 1. The third-order valence-electron chi connectivity index (χ3n) is 6.65. The van der Waals surface area contributed by atoms with E-state index >= 15 is 0 Å². The molecule has 1 amide bonds. The number of fused-ring (bicyclic) bond motifs is 1. The zero-order valence-corrected chi connectivity index (χ0v) is 20.2. The molecule has 4 aromatic rings. The highest BCUT2D eigenvalue weighted by atomic mass is 16.5. The van der Waals surface area contributed by atoms with E-state index in [0.29, 0.717) is 26.1 Å². The van der Waals surface area contributed by atoms with E-state index in [2.05, 4.69) is 4.57 Å². The average molecular weight is 470 g/mol. The first-order valence-electron chi connectivity index (χ1n) is 12.1. The molecule has 0 saturated carbocycles. The second kappa shape index (κ2) is 9.92. The molecule has 35 heavy (non-hydrogen) atoms. The molecule has 1 aromatic heterocycles. The highest BCUT2D eigenvalue weighted by Gasteiger charge is 2.34. The third-order valence-corrected chi connectivity index (χ3v) is 6.65. The smallest absolute Gasteiger partial charge is 0.223 e. The number of imidazole rings is 1. The number of aromatic nitrogens is 2. The molecule has 6 heteroatoms. The fourth-order valence-electron chi connectivity index (χ4n) is 4.81. The van der Waals surface area contributed by atoms with E-state index in [1.165, 1.54) is 0 Å². The van der Waals surface area contributed by atoms with Crippen LogP contribution in [0.1, 0.15) is 34.9 Å². The van der Waals surface area contributed by atoms with E-state index in [9.17, 15) is 9.90 Å². The lowest BCUT2D eigenvalue weighted by molar-refractivity contribution is -0.128. The monoisotopic (exact) mass is 469 g/mol. The molecule has 3 aromatic carbocycles. The van der Waals surface area contributed by atoms with Crippen molar-refractivity contribution in [3.8, 4) is 5.75 Å². The van der Waals surface area contributed by atoms with Crippen LogP contribution < -0.4 is 4.74 Å². The number of hydrogen-bond acceptors (Lipinski definition) is 4. The van der Waals surface area contributed by atoms with E-state index in [-0.39, 0.29) is 18.4 Å². The van der Waals surface area contributed by atoms with Crippen LogP contribution >= 0.6 is 0 Å². The standard InChI is InChI=1S/C29H31N3O3/c1-20-12-13-21(2)27(14-20)35-19-24(33)18-32-26-11-7-6-10-25(26)30-29(32)23-15-28(34)31(17-23)16-22-8-4-3-5-9-22/h3-14,23-24,33H,15-19H2,1-2H3/t23-,24+/m0/s1. The van der Waals surface area contributed by atoms with Crippen molar-refractivity contribution in [2.45, 2.75) is 45.4 Å². The number of rotatable bonds is 8. The Hall–Kier alpha value is -3.64. The third kappa shape index (κ3) is 5.08. The van der Waals surface area contributed by atoms with E-state index in [4.69, 9.17) is 9.72 Å². The number of carbonyl (C=O) groups excluding carboxylic acids is 1. The number of aliphatic hydroxyl groups is 1. The molecule has 6 nitrogen and oxygen atoms in total. The van der Waals surface area contributed by atoms with Crippen LogP contribution in [0.5, 0.6) is 5.75 Å². The van der Waals surface area contributed by atoms with E-state index in [1.807, 2.05) is 91.5 Å². The fraction of sp³-hybridized carbons (Fsp3) is 0.310. The Morgan fingerprint density at radius 3 is 2.66 bits per heavy atom. The zero-order valence-electron chi connectivity index (χ0n) is 20.2. The first-order valence-corrected chi connectivity index (χ1v) is 12.1. The Kier molecular flexibility index (Phi) is 6.55. The fourth-order valence-corrected chi connectivity index (χ4v) is 4.81. The summed E-state index contributed by atoms with van der Waals surface area (Å²) in [5, 5.41) is 10.9. The first kappa shape index (κ1) is 23.1. The van der Waals surface area contributed by atoms with Gasteiger partial charge < -0.3 is 19.3 Å². The summed E-state index contributed by atoms with van der Waals surface area (Å²) in [6.45, 7) is 5.77. The molecule has 1 aliphatic heterocycles. The van der Waals surface area contributed by atoms with Gasteiger partial charge in [-0.25, -0.2) is 4.98 Å². The summed E-state index contributed by atoms with van der Waals surface area (Å²) in [5.74, 6) is 1.75. The minimum Gasteiger partial charge on any atom is -0.491 e. The van der Waals surface area contributed by atoms with Gasteiger partial charge in [0.1, 0.15) is 24.3 Å². The summed E-state index contributed by atoms with van der Waals surface area (Å²) >= 11 is 0. The molecule has 2 atom stereocenters. The van der Waals surface area contributed by atoms with Gasteiger partial charge in [-0.2, -0.15) is 0 Å². The van der Waals surface area contributed by atoms with Crippen LogP contribution in [0.15, 0.2) is 72.8 Å². The van der Waals surface area contributed by atoms with E-state index in [1.54, 1.807) is 0 Å². The van der Waals surface area contributed by atoms with Gasteiger partial charge in [0, 0.05) is 25.4 Å². The number of para-hydroxylation sites is 2. The Morgan fingerprint density at radius 1 is 1.06 bits per heavy atom. The van der Waals surface area contributed by atoms with Crippen LogP contribution in [0.3, 0.4) is 0 Å². The molecule has 5 rings (SSSR count). The van der Waals surface area contributed by atoms with Crippen molar-refractivity contribution < 1.29 is 14.6 Å². The lowest BCUT2D eigenvalue weighted by Crippen LogP contribution is -2.26. The Labute approximate surface area is 205 Å². The number of likely N-dealkylation sites (tertiary alicyclic amines) is 1. The van der Waals surface area contributed by atoms with Crippen molar-refractivity contribution >= 4 is 16.9 Å². The molecular weight excluding hydrogens is 438 g/mol. The second-order valence-electron chi connectivity index (χ2n) is 9.46. The number of carbonyl (C=O) groups is 1. The SMILES string of the molecule is Cc1ccc(C)c(OC[C@H](O)Cn2c([C@H]3CC(=O)N(Cc4ccccc4)C3)nc3ccccc32)c1. The van der Waals surface area contributed by atoms with Crippen molar-refractivity contribution in [3.63, 3.8) is 0 Å². The maximum atomic E-state index is 12.8. The van der Waals surface area contributed by atoms with Crippen LogP contribution in [0.25, 0.3) is 11.0 Å². The maximum Gasteiger partial charge on any atom is 0.223 e. The average Bonchev–Trinajstić information content (AvgIpc) is 3.40. The summed E-state index contributed by atoms with van der Waals surface area (Å²) in [5.41, 5.74) is 5.11. The summed E-state index contributed by atoms with van der Waals surface area (Å²) in [6, 6.07) is 24.1. The molecule has 180 valence electrons. The molecule has 2 heterocycles. The number of hydrogen-bond donors (Lipinski definition) is 1.